The van der Waals surface area contributed by atoms with E-state index in [2.05, 4.69) is 25.5 Å². The summed E-state index contributed by atoms with van der Waals surface area (Å²) in [5.74, 6) is 0.766. The fourth-order valence-electron chi connectivity index (χ4n) is 2.55. The average Bonchev–Trinajstić information content (AvgIpc) is 3.20. The highest BCUT2D eigenvalue weighted by Crippen LogP contribution is 2.34. The number of imidazole rings is 1. The number of H-pyrrole nitrogens is 1. The van der Waals surface area contributed by atoms with Crippen molar-refractivity contribution in [3.8, 4) is 17.1 Å². The maximum absolute atomic E-state index is 14.0. The predicted molar refractivity (Wildman–Crippen MR) is 96.0 cm³/mol. The minimum absolute atomic E-state index is 0.323. The molecule has 0 spiro atoms. The van der Waals surface area contributed by atoms with Crippen LogP contribution in [0.5, 0.6) is 5.75 Å². The first-order chi connectivity index (χ1) is 12.1. The Morgan fingerprint density at radius 2 is 2.04 bits per heavy atom. The third-order valence-electron chi connectivity index (χ3n) is 3.70. The quantitative estimate of drug-likeness (QED) is 0.571. The van der Waals surface area contributed by atoms with Gasteiger partial charge in [-0.25, -0.2) is 9.37 Å². The summed E-state index contributed by atoms with van der Waals surface area (Å²) in [5, 5.41) is 12.8. The van der Waals surface area contributed by atoms with Crippen LogP contribution in [-0.4, -0.2) is 27.3 Å². The van der Waals surface area contributed by atoms with Gasteiger partial charge in [0.2, 0.25) is 5.13 Å². The lowest BCUT2D eigenvalue weighted by Gasteiger charge is -2.08. The fourth-order valence-corrected chi connectivity index (χ4v) is 3.15. The number of rotatable bonds is 4. The number of fused-ring (bicyclic) bond motifs is 1. The highest BCUT2D eigenvalue weighted by molar-refractivity contribution is 7.15. The number of hydrogen-bond acceptors (Lipinski definition) is 6. The van der Waals surface area contributed by atoms with Crippen LogP contribution in [0.2, 0.25) is 0 Å². The number of anilines is 2. The molecule has 0 amide bonds. The van der Waals surface area contributed by atoms with Gasteiger partial charge in [-0.2, -0.15) is 0 Å². The second-order valence-corrected chi connectivity index (χ2v) is 6.57. The van der Waals surface area contributed by atoms with Crippen LogP contribution in [0.15, 0.2) is 36.4 Å². The van der Waals surface area contributed by atoms with Gasteiger partial charge < -0.3 is 15.0 Å². The van der Waals surface area contributed by atoms with E-state index in [0.29, 0.717) is 27.8 Å². The standard InChI is InChI=1S/C17H14FN5OS/c1-9-22-23-17(25-9)21-14-7-12-13(8-15(14)24-2)20-16(19-12)10-5-3-4-6-11(10)18/h3-8H,1-2H3,(H,19,20)(H,21,23). The lowest BCUT2D eigenvalue weighted by molar-refractivity contribution is 0.417. The smallest absolute Gasteiger partial charge is 0.210 e. The van der Waals surface area contributed by atoms with Crippen molar-refractivity contribution in [2.45, 2.75) is 6.92 Å². The third kappa shape index (κ3) is 2.91. The second-order valence-electron chi connectivity index (χ2n) is 5.39. The van der Waals surface area contributed by atoms with Crippen LogP contribution in [0.1, 0.15) is 5.01 Å². The van der Waals surface area contributed by atoms with Gasteiger partial charge in [0.05, 0.1) is 29.4 Å². The number of aromatic nitrogens is 4. The molecule has 2 N–H and O–H groups in total. The number of nitrogens with one attached hydrogen (secondary N) is 2. The Morgan fingerprint density at radius 1 is 1.20 bits per heavy atom. The van der Waals surface area contributed by atoms with E-state index in [4.69, 9.17) is 4.74 Å². The molecule has 2 aromatic carbocycles. The van der Waals surface area contributed by atoms with E-state index in [9.17, 15) is 4.39 Å². The number of hydrogen-bond donors (Lipinski definition) is 2. The summed E-state index contributed by atoms with van der Waals surface area (Å²) in [6.07, 6.45) is 0. The zero-order valence-corrected chi connectivity index (χ0v) is 14.3. The van der Waals surface area contributed by atoms with Crippen molar-refractivity contribution in [2.24, 2.45) is 0 Å². The summed E-state index contributed by atoms with van der Waals surface area (Å²) in [6.45, 7) is 1.89. The molecule has 0 unspecified atom stereocenters. The van der Waals surface area contributed by atoms with E-state index in [1.165, 1.54) is 17.4 Å². The first-order valence-corrected chi connectivity index (χ1v) is 8.35. The molecule has 2 aromatic heterocycles. The molecule has 0 saturated carbocycles. The van der Waals surface area contributed by atoms with Crippen molar-refractivity contribution in [1.82, 2.24) is 20.2 Å². The first kappa shape index (κ1) is 15.5. The molecule has 0 aliphatic rings. The van der Waals surface area contributed by atoms with Crippen LogP contribution in [-0.2, 0) is 0 Å². The lowest BCUT2D eigenvalue weighted by atomic mass is 10.2. The van der Waals surface area contributed by atoms with Crippen LogP contribution >= 0.6 is 11.3 Å². The molecule has 0 bridgehead atoms. The molecule has 4 aromatic rings. The predicted octanol–water partition coefficient (Wildman–Crippen LogP) is 4.28. The van der Waals surface area contributed by atoms with Gasteiger partial charge in [-0.3, -0.25) is 0 Å². The number of benzene rings is 2. The van der Waals surface area contributed by atoms with E-state index >= 15 is 0 Å². The van der Waals surface area contributed by atoms with E-state index in [1.54, 1.807) is 31.4 Å². The summed E-state index contributed by atoms with van der Waals surface area (Å²) in [6, 6.07) is 10.2. The molecule has 4 rings (SSSR count). The van der Waals surface area contributed by atoms with Gasteiger partial charge in [0.15, 0.2) is 0 Å². The third-order valence-corrected chi connectivity index (χ3v) is 4.45. The maximum Gasteiger partial charge on any atom is 0.210 e. The van der Waals surface area contributed by atoms with Crippen molar-refractivity contribution in [1.29, 1.82) is 0 Å². The summed E-state index contributed by atoms with van der Waals surface area (Å²) in [4.78, 5) is 7.63. The van der Waals surface area contributed by atoms with E-state index in [1.807, 2.05) is 13.0 Å². The lowest BCUT2D eigenvalue weighted by Crippen LogP contribution is -1.94. The summed E-state index contributed by atoms with van der Waals surface area (Å²) in [7, 11) is 1.59. The Morgan fingerprint density at radius 3 is 2.76 bits per heavy atom. The molecular formula is C17H14FN5OS. The number of halogens is 1. The minimum Gasteiger partial charge on any atom is -0.494 e. The molecule has 8 heteroatoms. The number of aryl methyl sites for hydroxylation is 1. The van der Waals surface area contributed by atoms with Gasteiger partial charge in [-0.1, -0.05) is 23.5 Å². The molecule has 6 nitrogen and oxygen atoms in total. The number of methoxy groups -OCH3 is 1. The van der Waals surface area contributed by atoms with Gasteiger partial charge in [0.1, 0.15) is 22.4 Å². The maximum atomic E-state index is 14.0. The van der Waals surface area contributed by atoms with Crippen LogP contribution in [0.25, 0.3) is 22.4 Å². The van der Waals surface area contributed by atoms with Gasteiger partial charge >= 0.3 is 0 Å². The zero-order chi connectivity index (χ0) is 17.4. The Bertz CT molecular complexity index is 1060. The molecule has 25 heavy (non-hydrogen) atoms. The SMILES string of the molecule is COc1cc2nc(-c3ccccc3F)[nH]c2cc1Nc1nnc(C)s1. The zero-order valence-electron chi connectivity index (χ0n) is 13.5. The monoisotopic (exact) mass is 355 g/mol. The highest BCUT2D eigenvalue weighted by Gasteiger charge is 2.14. The summed E-state index contributed by atoms with van der Waals surface area (Å²) >= 11 is 1.45. The molecule has 126 valence electrons. The van der Waals surface area contributed by atoms with E-state index < -0.39 is 0 Å². The topological polar surface area (TPSA) is 75.7 Å². The normalized spacial score (nSPS) is 11.0. The van der Waals surface area contributed by atoms with Crippen molar-refractivity contribution in [2.75, 3.05) is 12.4 Å². The molecular weight excluding hydrogens is 341 g/mol. The van der Waals surface area contributed by atoms with Gasteiger partial charge in [-0.05, 0) is 25.1 Å². The molecule has 2 heterocycles. The van der Waals surface area contributed by atoms with Gasteiger partial charge in [0.25, 0.3) is 0 Å². The van der Waals surface area contributed by atoms with Crippen molar-refractivity contribution < 1.29 is 9.13 Å². The largest absolute Gasteiger partial charge is 0.494 e. The first-order valence-electron chi connectivity index (χ1n) is 7.54. The molecule has 0 fully saturated rings. The van der Waals surface area contributed by atoms with Crippen molar-refractivity contribution in [3.63, 3.8) is 0 Å². The molecule has 0 atom stereocenters. The average molecular weight is 355 g/mol. The Labute approximate surface area is 146 Å². The molecule has 0 aliphatic heterocycles. The number of nitrogens with zero attached hydrogens (tertiary/aromatic N) is 3. The van der Waals surface area contributed by atoms with Crippen molar-refractivity contribution in [3.05, 3.63) is 47.2 Å². The van der Waals surface area contributed by atoms with Crippen molar-refractivity contribution >= 4 is 33.2 Å². The number of ether oxygens (including phenoxy) is 1. The van der Waals surface area contributed by atoms with Crippen LogP contribution in [0, 0.1) is 12.7 Å². The summed E-state index contributed by atoms with van der Waals surface area (Å²) in [5.41, 5.74) is 2.61. The fraction of sp³-hybridized carbons (Fsp3) is 0.118. The number of aromatic amines is 1. The molecule has 0 aliphatic carbocycles. The van der Waals surface area contributed by atoms with E-state index in [-0.39, 0.29) is 5.82 Å². The van der Waals surface area contributed by atoms with Crippen LogP contribution < -0.4 is 10.1 Å². The van der Waals surface area contributed by atoms with Gasteiger partial charge in [-0.15, -0.1) is 10.2 Å². The van der Waals surface area contributed by atoms with E-state index in [0.717, 1.165) is 16.2 Å². The summed E-state index contributed by atoms with van der Waals surface area (Å²) < 4.78 is 19.4. The Hall–Kier alpha value is -3.00. The minimum atomic E-state index is -0.323. The van der Waals surface area contributed by atoms with Crippen LogP contribution in [0.3, 0.4) is 0 Å². The molecule has 0 saturated heterocycles. The Kier molecular flexibility index (Phi) is 3.81. The molecule has 0 radical (unpaired) electrons. The van der Waals surface area contributed by atoms with Gasteiger partial charge in [0, 0.05) is 6.07 Å². The second kappa shape index (κ2) is 6.14. The highest BCUT2D eigenvalue weighted by atomic mass is 32.1. The Balaban J connectivity index is 1.79. The van der Waals surface area contributed by atoms with Crippen LogP contribution in [0.4, 0.5) is 15.2 Å².